The van der Waals surface area contributed by atoms with Crippen molar-refractivity contribution in [2.24, 2.45) is 0 Å². The quantitative estimate of drug-likeness (QED) is 0.747. The monoisotopic (exact) mass is 368 g/mol. The number of hydrogen-bond donors (Lipinski definition) is 0. The zero-order chi connectivity index (χ0) is 16.9. The maximum absolute atomic E-state index is 11.8. The molecule has 126 valence electrons. The van der Waals surface area contributed by atoms with Crippen molar-refractivity contribution in [2.45, 2.75) is 13.2 Å². The van der Waals surface area contributed by atoms with E-state index >= 15 is 0 Å². The summed E-state index contributed by atoms with van der Waals surface area (Å²) < 4.78 is 21.2. The van der Waals surface area contributed by atoms with E-state index in [1.54, 1.807) is 36.4 Å². The van der Waals surface area contributed by atoms with Gasteiger partial charge in [-0.15, -0.1) is 0 Å². The van der Waals surface area contributed by atoms with Gasteiger partial charge in [0.25, 0.3) is 0 Å². The van der Waals surface area contributed by atoms with E-state index in [0.717, 1.165) is 5.56 Å². The van der Waals surface area contributed by atoms with Crippen LogP contribution in [0, 0.1) is 0 Å². The van der Waals surface area contributed by atoms with Crippen molar-refractivity contribution in [1.29, 1.82) is 0 Å². The van der Waals surface area contributed by atoms with E-state index in [1.807, 2.05) is 0 Å². The predicted molar refractivity (Wildman–Crippen MR) is 88.5 cm³/mol. The van der Waals surface area contributed by atoms with Crippen LogP contribution in [0.5, 0.6) is 11.5 Å². The van der Waals surface area contributed by atoms with Gasteiger partial charge in [0.05, 0.1) is 6.61 Å². The minimum atomic E-state index is -0.504. The number of ether oxygens (including phenoxy) is 4. The van der Waals surface area contributed by atoms with Crippen molar-refractivity contribution in [3.63, 3.8) is 0 Å². The van der Waals surface area contributed by atoms with Crippen LogP contribution in [0.1, 0.15) is 11.1 Å². The molecule has 0 aromatic heterocycles. The van der Waals surface area contributed by atoms with Gasteiger partial charge < -0.3 is 18.9 Å². The molecule has 0 saturated heterocycles. The highest BCUT2D eigenvalue weighted by Crippen LogP contribution is 2.32. The van der Waals surface area contributed by atoms with Gasteiger partial charge in [0, 0.05) is 21.2 Å². The summed E-state index contributed by atoms with van der Waals surface area (Å²) in [6.45, 7) is 0.399. The largest absolute Gasteiger partial charge is 0.482 e. The third-order valence-electron chi connectivity index (χ3n) is 3.29. The van der Waals surface area contributed by atoms with Gasteiger partial charge >= 0.3 is 5.97 Å². The molecular weight excluding hydrogens is 355 g/mol. The van der Waals surface area contributed by atoms with E-state index in [4.69, 9.17) is 42.1 Å². The summed E-state index contributed by atoms with van der Waals surface area (Å²) in [5.41, 5.74) is 1.52. The molecular formula is C17H14Cl2O5. The molecule has 0 spiro atoms. The average Bonchev–Trinajstić information content (AvgIpc) is 2.57. The van der Waals surface area contributed by atoms with E-state index in [0.29, 0.717) is 33.7 Å². The van der Waals surface area contributed by atoms with Gasteiger partial charge in [0.15, 0.2) is 13.4 Å². The maximum atomic E-state index is 11.8. The highest BCUT2D eigenvalue weighted by atomic mass is 35.5. The second-order valence-corrected chi connectivity index (χ2v) is 5.94. The number of carbonyl (C=O) groups excluding carboxylic acids is 1. The molecule has 0 atom stereocenters. The lowest BCUT2D eigenvalue weighted by molar-refractivity contribution is -0.147. The van der Waals surface area contributed by atoms with Crippen LogP contribution < -0.4 is 9.47 Å². The Morgan fingerprint density at radius 3 is 2.88 bits per heavy atom. The van der Waals surface area contributed by atoms with Crippen LogP contribution in [-0.2, 0) is 27.5 Å². The Bertz CT molecular complexity index is 748. The molecule has 0 aliphatic carbocycles. The number of hydrogen-bond acceptors (Lipinski definition) is 5. The maximum Gasteiger partial charge on any atom is 0.344 e. The number of fused-ring (bicyclic) bond motifs is 1. The lowest BCUT2D eigenvalue weighted by Gasteiger charge is -2.21. The molecule has 3 rings (SSSR count). The lowest BCUT2D eigenvalue weighted by Crippen LogP contribution is -2.17. The first kappa shape index (κ1) is 16.9. The molecule has 24 heavy (non-hydrogen) atoms. The van der Waals surface area contributed by atoms with E-state index < -0.39 is 5.97 Å². The minimum absolute atomic E-state index is 0.0423. The van der Waals surface area contributed by atoms with Crippen LogP contribution in [0.2, 0.25) is 10.0 Å². The van der Waals surface area contributed by atoms with Gasteiger partial charge in [-0.2, -0.15) is 0 Å². The van der Waals surface area contributed by atoms with Gasteiger partial charge in [-0.25, -0.2) is 4.79 Å². The molecule has 0 N–H and O–H groups in total. The van der Waals surface area contributed by atoms with Crippen molar-refractivity contribution < 1.29 is 23.7 Å². The molecule has 0 fully saturated rings. The molecule has 5 nitrogen and oxygen atoms in total. The Balaban J connectivity index is 1.57. The fraction of sp³-hybridized carbons (Fsp3) is 0.235. The average molecular weight is 369 g/mol. The topological polar surface area (TPSA) is 54.0 Å². The molecule has 0 radical (unpaired) electrons. The molecule has 1 aliphatic rings. The highest BCUT2D eigenvalue weighted by Gasteiger charge is 2.17. The van der Waals surface area contributed by atoms with Crippen LogP contribution in [0.4, 0.5) is 0 Å². The standard InChI is InChI=1S/C17H14Cl2O5/c18-13-2-1-3-15(6-13)22-9-16(20)23-8-12-5-14(19)4-11-7-21-10-24-17(11)12/h1-6H,7-10H2. The second kappa shape index (κ2) is 7.75. The first-order valence-electron chi connectivity index (χ1n) is 7.17. The Labute approximate surface area is 149 Å². The van der Waals surface area contributed by atoms with Crippen LogP contribution >= 0.6 is 23.2 Å². The third kappa shape index (κ3) is 4.32. The normalized spacial score (nSPS) is 12.9. The second-order valence-electron chi connectivity index (χ2n) is 5.07. The lowest BCUT2D eigenvalue weighted by atomic mass is 10.1. The number of carbonyl (C=O) groups is 1. The summed E-state index contributed by atoms with van der Waals surface area (Å²) in [7, 11) is 0. The van der Waals surface area contributed by atoms with Crippen molar-refractivity contribution in [3.8, 4) is 11.5 Å². The van der Waals surface area contributed by atoms with E-state index in [1.165, 1.54) is 0 Å². The van der Waals surface area contributed by atoms with Gasteiger partial charge in [-0.1, -0.05) is 29.3 Å². The molecule has 2 aromatic rings. The summed E-state index contributed by atoms with van der Waals surface area (Å²) in [5, 5.41) is 1.06. The molecule has 7 heteroatoms. The molecule has 0 saturated carbocycles. The summed E-state index contributed by atoms with van der Waals surface area (Å²) in [6.07, 6.45) is 0. The van der Waals surface area contributed by atoms with Crippen molar-refractivity contribution in [2.75, 3.05) is 13.4 Å². The SMILES string of the molecule is O=C(COc1cccc(Cl)c1)OCc1cc(Cl)cc2c1OCOC2. The summed E-state index contributed by atoms with van der Waals surface area (Å²) in [6, 6.07) is 10.3. The first-order chi connectivity index (χ1) is 11.6. The molecule has 1 aliphatic heterocycles. The Hall–Kier alpha value is -1.95. The van der Waals surface area contributed by atoms with Crippen molar-refractivity contribution in [1.82, 2.24) is 0 Å². The number of benzene rings is 2. The Morgan fingerprint density at radius 2 is 2.04 bits per heavy atom. The molecule has 2 aromatic carbocycles. The Kier molecular flexibility index (Phi) is 5.45. The van der Waals surface area contributed by atoms with E-state index in [9.17, 15) is 4.79 Å². The number of esters is 1. The number of halogens is 2. The van der Waals surface area contributed by atoms with E-state index in [-0.39, 0.29) is 20.0 Å². The highest BCUT2D eigenvalue weighted by molar-refractivity contribution is 6.31. The molecule has 1 heterocycles. The van der Waals surface area contributed by atoms with Gasteiger partial charge in [0.2, 0.25) is 0 Å². The molecule has 0 bridgehead atoms. The fourth-order valence-electron chi connectivity index (χ4n) is 2.26. The van der Waals surface area contributed by atoms with E-state index in [2.05, 4.69) is 0 Å². The molecule has 0 unspecified atom stereocenters. The van der Waals surface area contributed by atoms with Crippen LogP contribution in [0.15, 0.2) is 36.4 Å². The minimum Gasteiger partial charge on any atom is -0.482 e. The summed E-state index contributed by atoms with van der Waals surface area (Å²) in [5.74, 6) is 0.644. The smallest absolute Gasteiger partial charge is 0.344 e. The zero-order valence-corrected chi connectivity index (χ0v) is 14.1. The summed E-state index contributed by atoms with van der Waals surface area (Å²) >= 11 is 11.9. The van der Waals surface area contributed by atoms with Crippen molar-refractivity contribution in [3.05, 3.63) is 57.6 Å². The summed E-state index contributed by atoms with van der Waals surface area (Å²) in [4.78, 5) is 11.8. The van der Waals surface area contributed by atoms with Gasteiger partial charge in [-0.05, 0) is 30.3 Å². The number of rotatable bonds is 5. The fourth-order valence-corrected chi connectivity index (χ4v) is 2.71. The molecule has 0 amide bonds. The zero-order valence-electron chi connectivity index (χ0n) is 12.6. The first-order valence-corrected chi connectivity index (χ1v) is 7.93. The van der Waals surface area contributed by atoms with Crippen LogP contribution in [0.3, 0.4) is 0 Å². The van der Waals surface area contributed by atoms with Gasteiger partial charge in [0.1, 0.15) is 18.1 Å². The predicted octanol–water partition coefficient (Wildman–Crippen LogP) is 3.98. The van der Waals surface area contributed by atoms with Gasteiger partial charge in [-0.3, -0.25) is 0 Å². The van der Waals surface area contributed by atoms with Crippen molar-refractivity contribution >= 4 is 29.2 Å². The van der Waals surface area contributed by atoms with Crippen LogP contribution in [0.25, 0.3) is 0 Å². The third-order valence-corrected chi connectivity index (χ3v) is 3.75. The van der Waals surface area contributed by atoms with Crippen LogP contribution in [-0.4, -0.2) is 19.4 Å². The Morgan fingerprint density at radius 1 is 1.17 bits per heavy atom.